The van der Waals surface area contributed by atoms with Gasteiger partial charge in [0, 0.05) is 23.9 Å². The number of hydrogen-bond acceptors (Lipinski definition) is 2. The van der Waals surface area contributed by atoms with Gasteiger partial charge in [-0.2, -0.15) is 0 Å². The Hall–Kier alpha value is -1.87. The summed E-state index contributed by atoms with van der Waals surface area (Å²) in [6.07, 6.45) is 1.74. The Morgan fingerprint density at radius 2 is 1.87 bits per heavy atom. The van der Waals surface area contributed by atoms with E-state index in [2.05, 4.69) is 4.98 Å². The van der Waals surface area contributed by atoms with Crippen molar-refractivity contribution in [3.05, 3.63) is 48.2 Å². The lowest BCUT2D eigenvalue weighted by molar-refractivity contribution is 1.02. The standard InChI is InChI=1S/C12H12N3/c13-7-10-6-11(8-15-12(10)14)9-4-2-1-3-5-9/h1-6,8,13H,7H2,(H2,14,15). The number of aromatic nitrogens is 1. The van der Waals surface area contributed by atoms with E-state index in [0.717, 1.165) is 16.7 Å². The van der Waals surface area contributed by atoms with Gasteiger partial charge in [-0.1, -0.05) is 30.3 Å². The Morgan fingerprint density at radius 3 is 2.53 bits per heavy atom. The lowest BCUT2D eigenvalue weighted by Gasteiger charge is -2.05. The largest absolute Gasteiger partial charge is 0.383 e. The summed E-state index contributed by atoms with van der Waals surface area (Å²) in [5.41, 5.74) is 15.8. The average Bonchev–Trinajstić information content (AvgIpc) is 2.31. The zero-order valence-electron chi connectivity index (χ0n) is 8.27. The maximum Gasteiger partial charge on any atom is 0.127 e. The molecule has 2 aromatic rings. The van der Waals surface area contributed by atoms with Crippen LogP contribution in [0, 0.1) is 0 Å². The second-order valence-electron chi connectivity index (χ2n) is 3.31. The van der Waals surface area contributed by atoms with E-state index in [-0.39, 0.29) is 6.54 Å². The van der Waals surface area contributed by atoms with Gasteiger partial charge in [0.2, 0.25) is 0 Å². The minimum Gasteiger partial charge on any atom is -0.383 e. The molecule has 1 heterocycles. The number of nitrogens with two attached hydrogens (primary N) is 1. The molecule has 3 N–H and O–H groups in total. The van der Waals surface area contributed by atoms with Crippen molar-refractivity contribution in [2.24, 2.45) is 0 Å². The van der Waals surface area contributed by atoms with Crippen molar-refractivity contribution in [2.45, 2.75) is 6.54 Å². The highest BCUT2D eigenvalue weighted by molar-refractivity contribution is 5.65. The molecule has 1 aromatic heterocycles. The van der Waals surface area contributed by atoms with Crippen LogP contribution in [0.2, 0.25) is 0 Å². The summed E-state index contributed by atoms with van der Waals surface area (Å²) in [4.78, 5) is 4.08. The topological polar surface area (TPSA) is 62.7 Å². The number of pyridine rings is 1. The number of nitrogen functional groups attached to an aromatic ring is 1. The minimum atomic E-state index is 0.166. The van der Waals surface area contributed by atoms with Crippen LogP contribution in [0.5, 0.6) is 0 Å². The predicted octanol–water partition coefficient (Wildman–Crippen LogP) is 2.11. The first kappa shape index (κ1) is 9.68. The molecule has 0 saturated carbocycles. The highest BCUT2D eigenvalue weighted by atomic mass is 14.8. The van der Waals surface area contributed by atoms with E-state index in [4.69, 9.17) is 11.5 Å². The van der Waals surface area contributed by atoms with E-state index < -0.39 is 0 Å². The van der Waals surface area contributed by atoms with Gasteiger partial charge >= 0.3 is 0 Å². The molecule has 3 nitrogen and oxygen atoms in total. The van der Waals surface area contributed by atoms with E-state index >= 15 is 0 Å². The first-order chi connectivity index (χ1) is 7.31. The Morgan fingerprint density at radius 1 is 1.13 bits per heavy atom. The van der Waals surface area contributed by atoms with Crippen molar-refractivity contribution < 1.29 is 0 Å². The summed E-state index contributed by atoms with van der Waals surface area (Å²) in [5.74, 6) is 0.449. The first-order valence-electron chi connectivity index (χ1n) is 4.75. The fraction of sp³-hybridized carbons (Fsp3) is 0.0833. The molecule has 0 bridgehead atoms. The van der Waals surface area contributed by atoms with E-state index in [1.54, 1.807) is 6.20 Å². The highest BCUT2D eigenvalue weighted by Gasteiger charge is 2.02. The maximum absolute atomic E-state index is 7.32. The first-order valence-corrected chi connectivity index (χ1v) is 4.75. The molecule has 0 amide bonds. The molecule has 1 aromatic carbocycles. The van der Waals surface area contributed by atoms with Crippen LogP contribution in [-0.2, 0) is 6.54 Å². The van der Waals surface area contributed by atoms with Gasteiger partial charge < -0.3 is 5.73 Å². The molecule has 0 spiro atoms. The molecule has 0 aliphatic heterocycles. The lowest BCUT2D eigenvalue weighted by Crippen LogP contribution is -1.98. The Bertz CT molecular complexity index is 452. The van der Waals surface area contributed by atoms with Crippen molar-refractivity contribution in [3.8, 4) is 11.1 Å². The van der Waals surface area contributed by atoms with Crippen LogP contribution in [0.1, 0.15) is 5.56 Å². The normalized spacial score (nSPS) is 10.2. The molecular formula is C12H12N3. The molecule has 75 valence electrons. The van der Waals surface area contributed by atoms with Crippen molar-refractivity contribution in [1.29, 1.82) is 0 Å². The number of anilines is 1. The van der Waals surface area contributed by atoms with Crippen LogP contribution < -0.4 is 11.5 Å². The van der Waals surface area contributed by atoms with Crippen molar-refractivity contribution in [2.75, 3.05) is 5.73 Å². The Labute approximate surface area is 88.8 Å². The van der Waals surface area contributed by atoms with Crippen molar-refractivity contribution >= 4 is 5.82 Å². The zero-order chi connectivity index (χ0) is 10.7. The Balaban J connectivity index is 2.46. The molecular weight excluding hydrogens is 186 g/mol. The summed E-state index contributed by atoms with van der Waals surface area (Å²) >= 11 is 0. The van der Waals surface area contributed by atoms with Crippen LogP contribution in [0.3, 0.4) is 0 Å². The molecule has 0 unspecified atom stereocenters. The van der Waals surface area contributed by atoms with Gasteiger partial charge in [-0.05, 0) is 11.6 Å². The van der Waals surface area contributed by atoms with Gasteiger partial charge in [-0.15, -0.1) is 0 Å². The number of nitrogens with one attached hydrogen (secondary N) is 1. The molecule has 0 aliphatic rings. The summed E-state index contributed by atoms with van der Waals surface area (Å²) in [5, 5.41) is 0. The Kier molecular flexibility index (Phi) is 2.65. The van der Waals surface area contributed by atoms with Crippen LogP contribution in [0.4, 0.5) is 5.82 Å². The van der Waals surface area contributed by atoms with Gasteiger partial charge in [-0.3, -0.25) is 5.73 Å². The summed E-state index contributed by atoms with van der Waals surface area (Å²) in [7, 11) is 0. The smallest absolute Gasteiger partial charge is 0.127 e. The molecule has 0 aliphatic carbocycles. The van der Waals surface area contributed by atoms with Gasteiger partial charge in [0.05, 0.1) is 0 Å². The minimum absolute atomic E-state index is 0.166. The van der Waals surface area contributed by atoms with Gasteiger partial charge in [0.25, 0.3) is 0 Å². The SMILES string of the molecule is [NH]Cc1cc(-c2ccccc2)cnc1N. The molecule has 3 heteroatoms. The molecule has 0 saturated heterocycles. The fourth-order valence-corrected chi connectivity index (χ4v) is 1.45. The summed E-state index contributed by atoms with van der Waals surface area (Å²) in [6, 6.07) is 11.9. The van der Waals surface area contributed by atoms with Crippen molar-refractivity contribution in [3.63, 3.8) is 0 Å². The third-order valence-electron chi connectivity index (χ3n) is 2.30. The average molecular weight is 198 g/mol. The van der Waals surface area contributed by atoms with Crippen LogP contribution in [0.15, 0.2) is 42.6 Å². The molecule has 0 atom stereocenters. The second-order valence-corrected chi connectivity index (χ2v) is 3.31. The third kappa shape index (κ3) is 1.97. The van der Waals surface area contributed by atoms with Gasteiger partial charge in [0.15, 0.2) is 0 Å². The fourth-order valence-electron chi connectivity index (χ4n) is 1.45. The van der Waals surface area contributed by atoms with E-state index in [1.165, 1.54) is 0 Å². The van der Waals surface area contributed by atoms with Crippen LogP contribution >= 0.6 is 0 Å². The summed E-state index contributed by atoms with van der Waals surface area (Å²) in [6.45, 7) is 0.166. The second kappa shape index (κ2) is 4.11. The maximum atomic E-state index is 7.32. The number of rotatable bonds is 2. The van der Waals surface area contributed by atoms with E-state index in [0.29, 0.717) is 5.82 Å². The van der Waals surface area contributed by atoms with E-state index in [1.807, 2.05) is 36.4 Å². The molecule has 15 heavy (non-hydrogen) atoms. The highest BCUT2D eigenvalue weighted by Crippen LogP contribution is 2.21. The molecule has 1 radical (unpaired) electrons. The van der Waals surface area contributed by atoms with Crippen LogP contribution in [-0.4, -0.2) is 4.98 Å². The zero-order valence-corrected chi connectivity index (χ0v) is 8.27. The van der Waals surface area contributed by atoms with Gasteiger partial charge in [-0.25, -0.2) is 4.98 Å². The predicted molar refractivity (Wildman–Crippen MR) is 60.9 cm³/mol. The number of nitrogens with zero attached hydrogens (tertiary/aromatic N) is 1. The van der Waals surface area contributed by atoms with Crippen molar-refractivity contribution in [1.82, 2.24) is 10.7 Å². The van der Waals surface area contributed by atoms with E-state index in [9.17, 15) is 0 Å². The van der Waals surface area contributed by atoms with Crippen LogP contribution in [0.25, 0.3) is 11.1 Å². The quantitative estimate of drug-likeness (QED) is 0.803. The number of hydrogen-bond donors (Lipinski definition) is 1. The molecule has 2 rings (SSSR count). The molecule has 0 fully saturated rings. The van der Waals surface area contributed by atoms with Gasteiger partial charge in [0.1, 0.15) is 5.82 Å². The third-order valence-corrected chi connectivity index (χ3v) is 2.30. The number of benzene rings is 1. The monoisotopic (exact) mass is 198 g/mol. The lowest BCUT2D eigenvalue weighted by atomic mass is 10.1. The summed E-state index contributed by atoms with van der Waals surface area (Å²) < 4.78 is 0.